The van der Waals surface area contributed by atoms with Crippen LogP contribution in [0, 0.1) is 16.7 Å². The Hall–Kier alpha value is -1.02. The van der Waals surface area contributed by atoms with E-state index in [0.29, 0.717) is 12.5 Å². The van der Waals surface area contributed by atoms with Crippen LogP contribution in [0.4, 0.5) is 0 Å². The van der Waals surface area contributed by atoms with E-state index in [2.05, 4.69) is 26.8 Å². The molecular weight excluding hydrogens is 248 g/mol. The SMILES string of the molecule is CCOc1cccc(C2(O)C3(C)CCC(C3)C2(C)C)c1. The van der Waals surface area contributed by atoms with Crippen molar-refractivity contribution in [3.63, 3.8) is 0 Å². The molecule has 110 valence electrons. The van der Waals surface area contributed by atoms with Crippen LogP contribution in [0.25, 0.3) is 0 Å². The van der Waals surface area contributed by atoms with Crippen LogP contribution in [0.1, 0.15) is 52.5 Å². The molecule has 0 aromatic heterocycles. The molecule has 2 bridgehead atoms. The summed E-state index contributed by atoms with van der Waals surface area (Å²) in [5, 5.41) is 11.7. The predicted octanol–water partition coefficient (Wildman–Crippen LogP) is 4.12. The van der Waals surface area contributed by atoms with Crippen molar-refractivity contribution in [3.05, 3.63) is 29.8 Å². The van der Waals surface area contributed by atoms with E-state index >= 15 is 0 Å². The molecule has 0 spiro atoms. The van der Waals surface area contributed by atoms with Crippen molar-refractivity contribution in [2.24, 2.45) is 16.7 Å². The van der Waals surface area contributed by atoms with Crippen LogP contribution in [0.3, 0.4) is 0 Å². The summed E-state index contributed by atoms with van der Waals surface area (Å²) in [5.74, 6) is 1.48. The minimum absolute atomic E-state index is 0.00793. The quantitative estimate of drug-likeness (QED) is 0.898. The Morgan fingerprint density at radius 3 is 2.65 bits per heavy atom. The molecule has 2 nitrogen and oxygen atoms in total. The molecule has 1 N–H and O–H groups in total. The molecule has 2 fully saturated rings. The van der Waals surface area contributed by atoms with Gasteiger partial charge in [0, 0.05) is 10.8 Å². The van der Waals surface area contributed by atoms with Gasteiger partial charge in [-0.25, -0.2) is 0 Å². The van der Waals surface area contributed by atoms with Crippen molar-refractivity contribution >= 4 is 0 Å². The molecule has 20 heavy (non-hydrogen) atoms. The summed E-state index contributed by atoms with van der Waals surface area (Å²) in [4.78, 5) is 0. The van der Waals surface area contributed by atoms with Gasteiger partial charge in [-0.15, -0.1) is 0 Å². The van der Waals surface area contributed by atoms with Gasteiger partial charge in [-0.1, -0.05) is 32.9 Å². The fraction of sp³-hybridized carbons (Fsp3) is 0.667. The third kappa shape index (κ3) is 1.54. The second kappa shape index (κ2) is 4.24. The highest BCUT2D eigenvalue weighted by Crippen LogP contribution is 2.71. The van der Waals surface area contributed by atoms with E-state index in [1.54, 1.807) is 0 Å². The summed E-state index contributed by atoms with van der Waals surface area (Å²) in [6.45, 7) is 9.37. The Kier molecular flexibility index (Phi) is 2.95. The zero-order valence-corrected chi connectivity index (χ0v) is 13.1. The van der Waals surface area contributed by atoms with Gasteiger partial charge in [0.2, 0.25) is 0 Å². The summed E-state index contributed by atoms with van der Waals surface area (Å²) < 4.78 is 5.62. The van der Waals surface area contributed by atoms with Gasteiger partial charge < -0.3 is 9.84 Å². The first-order chi connectivity index (χ1) is 9.35. The van der Waals surface area contributed by atoms with Crippen LogP contribution in [-0.4, -0.2) is 11.7 Å². The minimum Gasteiger partial charge on any atom is -0.494 e. The molecule has 2 aliphatic carbocycles. The van der Waals surface area contributed by atoms with E-state index in [0.717, 1.165) is 24.2 Å². The third-order valence-electron chi connectivity index (χ3n) is 6.13. The van der Waals surface area contributed by atoms with Gasteiger partial charge in [-0.05, 0) is 49.8 Å². The van der Waals surface area contributed by atoms with Crippen LogP contribution >= 0.6 is 0 Å². The molecule has 2 aliphatic rings. The maximum Gasteiger partial charge on any atom is 0.119 e. The number of ether oxygens (including phenoxy) is 1. The molecule has 0 aliphatic heterocycles. The summed E-state index contributed by atoms with van der Waals surface area (Å²) in [6, 6.07) is 8.08. The lowest BCUT2D eigenvalue weighted by Gasteiger charge is -2.51. The highest BCUT2D eigenvalue weighted by Gasteiger charge is 2.68. The summed E-state index contributed by atoms with van der Waals surface area (Å²) in [6.07, 6.45) is 3.50. The first kappa shape index (κ1) is 13.9. The number of aliphatic hydroxyl groups is 1. The molecule has 2 saturated carbocycles. The maximum absolute atomic E-state index is 11.7. The van der Waals surface area contributed by atoms with Crippen LogP contribution in [0.15, 0.2) is 24.3 Å². The smallest absolute Gasteiger partial charge is 0.119 e. The molecule has 2 heteroatoms. The zero-order valence-electron chi connectivity index (χ0n) is 13.1. The fourth-order valence-corrected chi connectivity index (χ4v) is 4.96. The average Bonchev–Trinajstić information content (AvgIpc) is 2.87. The minimum atomic E-state index is -0.754. The van der Waals surface area contributed by atoms with Crippen LogP contribution in [0.2, 0.25) is 0 Å². The van der Waals surface area contributed by atoms with Crippen LogP contribution < -0.4 is 4.74 Å². The number of hydrogen-bond acceptors (Lipinski definition) is 2. The monoisotopic (exact) mass is 274 g/mol. The Balaban J connectivity index is 2.09. The first-order valence-corrected chi connectivity index (χ1v) is 7.81. The molecule has 0 heterocycles. The molecule has 3 atom stereocenters. The van der Waals surface area contributed by atoms with Crippen molar-refractivity contribution in [3.8, 4) is 5.75 Å². The third-order valence-corrected chi connectivity index (χ3v) is 6.13. The lowest BCUT2D eigenvalue weighted by atomic mass is 9.58. The van der Waals surface area contributed by atoms with Gasteiger partial charge in [0.15, 0.2) is 0 Å². The van der Waals surface area contributed by atoms with Crippen molar-refractivity contribution in [2.45, 2.75) is 52.6 Å². The maximum atomic E-state index is 11.7. The normalized spacial score (nSPS) is 38.1. The zero-order chi connectivity index (χ0) is 14.6. The second-order valence-corrected chi connectivity index (χ2v) is 7.39. The highest BCUT2D eigenvalue weighted by molar-refractivity contribution is 5.38. The van der Waals surface area contributed by atoms with Gasteiger partial charge in [-0.3, -0.25) is 0 Å². The number of benzene rings is 1. The van der Waals surface area contributed by atoms with Crippen molar-refractivity contribution in [2.75, 3.05) is 6.61 Å². The van der Waals surface area contributed by atoms with Gasteiger partial charge >= 0.3 is 0 Å². The lowest BCUT2D eigenvalue weighted by molar-refractivity contribution is -0.150. The van der Waals surface area contributed by atoms with Gasteiger partial charge in [0.25, 0.3) is 0 Å². The van der Waals surface area contributed by atoms with E-state index in [1.165, 1.54) is 6.42 Å². The van der Waals surface area contributed by atoms with Gasteiger partial charge in [-0.2, -0.15) is 0 Å². The summed E-state index contributed by atoms with van der Waals surface area (Å²) in [7, 11) is 0. The Bertz CT molecular complexity index is 515. The fourth-order valence-electron chi connectivity index (χ4n) is 4.96. The van der Waals surface area contributed by atoms with E-state index in [9.17, 15) is 5.11 Å². The van der Waals surface area contributed by atoms with Crippen LogP contribution in [0.5, 0.6) is 5.75 Å². The summed E-state index contributed by atoms with van der Waals surface area (Å²) in [5.41, 5.74) is 0.186. The topological polar surface area (TPSA) is 29.5 Å². The van der Waals surface area contributed by atoms with Crippen molar-refractivity contribution in [1.82, 2.24) is 0 Å². The van der Waals surface area contributed by atoms with E-state index in [4.69, 9.17) is 4.74 Å². The number of fused-ring (bicyclic) bond motifs is 2. The molecular formula is C18H26O2. The number of hydrogen-bond donors (Lipinski definition) is 1. The van der Waals surface area contributed by atoms with Crippen LogP contribution in [-0.2, 0) is 5.60 Å². The van der Waals surface area contributed by atoms with Gasteiger partial charge in [0.1, 0.15) is 11.4 Å². The molecule has 3 unspecified atom stereocenters. The largest absolute Gasteiger partial charge is 0.494 e. The van der Waals surface area contributed by atoms with Crippen molar-refractivity contribution < 1.29 is 9.84 Å². The highest BCUT2D eigenvalue weighted by atomic mass is 16.5. The Labute approximate surface area is 122 Å². The average molecular weight is 274 g/mol. The second-order valence-electron chi connectivity index (χ2n) is 7.39. The molecule has 3 rings (SSSR count). The molecule has 1 aromatic rings. The van der Waals surface area contributed by atoms with Gasteiger partial charge in [0.05, 0.1) is 6.61 Å². The van der Waals surface area contributed by atoms with E-state index < -0.39 is 5.60 Å². The van der Waals surface area contributed by atoms with E-state index in [1.807, 2.05) is 25.1 Å². The van der Waals surface area contributed by atoms with Crippen molar-refractivity contribution in [1.29, 1.82) is 0 Å². The Morgan fingerprint density at radius 1 is 1.30 bits per heavy atom. The first-order valence-electron chi connectivity index (χ1n) is 7.81. The molecule has 0 radical (unpaired) electrons. The molecule has 1 aromatic carbocycles. The number of rotatable bonds is 3. The van der Waals surface area contributed by atoms with E-state index in [-0.39, 0.29) is 10.8 Å². The Morgan fingerprint density at radius 2 is 2.05 bits per heavy atom. The molecule has 0 saturated heterocycles. The lowest BCUT2D eigenvalue weighted by Crippen LogP contribution is -2.51. The standard InChI is InChI=1S/C18H26O2/c1-5-20-15-8-6-7-13(11-15)18(19)16(2,3)14-9-10-17(18,4)12-14/h6-8,11,14,19H,5,9-10,12H2,1-4H3. The molecule has 0 amide bonds. The predicted molar refractivity (Wildman–Crippen MR) is 80.7 cm³/mol. The summed E-state index contributed by atoms with van der Waals surface area (Å²) >= 11 is 0.